The molecule has 1 aliphatic rings. The van der Waals surface area contributed by atoms with Gasteiger partial charge in [-0.2, -0.15) is 0 Å². The molecule has 3 N–H and O–H groups in total. The van der Waals surface area contributed by atoms with Gasteiger partial charge in [0.2, 0.25) is 0 Å². The number of amidine groups is 1. The van der Waals surface area contributed by atoms with Gasteiger partial charge in [0, 0.05) is 13.0 Å². The molecule has 0 saturated carbocycles. The number of nitrogens with two attached hydrogens (primary N) is 1. The molecule has 0 aromatic carbocycles. The van der Waals surface area contributed by atoms with Gasteiger partial charge in [-0.1, -0.05) is 0 Å². The van der Waals surface area contributed by atoms with Gasteiger partial charge in [0.25, 0.3) is 0 Å². The summed E-state index contributed by atoms with van der Waals surface area (Å²) in [7, 11) is -2.80. The maximum atomic E-state index is 11.3. The van der Waals surface area contributed by atoms with Gasteiger partial charge in [-0.05, 0) is 25.9 Å². The van der Waals surface area contributed by atoms with Gasteiger partial charge >= 0.3 is 0 Å². The molecule has 5 nitrogen and oxygen atoms in total. The number of nitrogens with zero attached hydrogens (tertiary/aromatic N) is 1. The van der Waals surface area contributed by atoms with Gasteiger partial charge in [0.1, 0.15) is 0 Å². The minimum absolute atomic E-state index is 0.206. The van der Waals surface area contributed by atoms with Crippen LogP contribution < -0.4 is 5.73 Å². The smallest absolute Gasteiger partial charge is 0.151 e. The number of rotatable bonds is 4. The fourth-order valence-electron chi connectivity index (χ4n) is 1.71. The molecule has 0 aromatic heterocycles. The maximum absolute atomic E-state index is 11.3. The van der Waals surface area contributed by atoms with Gasteiger partial charge in [0.15, 0.2) is 9.84 Å². The second-order valence-electron chi connectivity index (χ2n) is 3.98. The fourth-order valence-corrected chi connectivity index (χ4v) is 3.02. The van der Waals surface area contributed by atoms with Gasteiger partial charge in [0.05, 0.1) is 17.3 Å². The molecule has 0 radical (unpaired) electrons. The Morgan fingerprint density at radius 3 is 2.73 bits per heavy atom. The predicted molar refractivity (Wildman–Crippen MR) is 60.9 cm³/mol. The van der Waals surface area contributed by atoms with E-state index >= 15 is 0 Å². The summed E-state index contributed by atoms with van der Waals surface area (Å²) in [6.45, 7) is 2.31. The zero-order valence-electron chi connectivity index (χ0n) is 8.91. The monoisotopic (exact) mass is 233 g/mol. The SMILES string of the molecule is N=C(N)CCCN1CCCS(=O)(=O)CC1. The lowest BCUT2D eigenvalue weighted by Crippen LogP contribution is -2.28. The van der Waals surface area contributed by atoms with Gasteiger partial charge in [-0.25, -0.2) is 8.42 Å². The Kier molecular flexibility index (Phi) is 4.53. The Bertz CT molecular complexity index is 313. The molecule has 0 spiro atoms. The van der Waals surface area contributed by atoms with Crippen molar-refractivity contribution in [2.24, 2.45) is 5.73 Å². The van der Waals surface area contributed by atoms with Crippen molar-refractivity contribution in [3.63, 3.8) is 0 Å². The van der Waals surface area contributed by atoms with E-state index in [-0.39, 0.29) is 11.6 Å². The third kappa shape index (κ3) is 5.13. The molecule has 0 aliphatic carbocycles. The molecule has 1 saturated heterocycles. The number of hydrogen-bond donors (Lipinski definition) is 2. The molecule has 0 aromatic rings. The third-order valence-electron chi connectivity index (χ3n) is 2.57. The van der Waals surface area contributed by atoms with E-state index in [0.29, 0.717) is 18.7 Å². The summed E-state index contributed by atoms with van der Waals surface area (Å²) in [6, 6.07) is 0. The Hall–Kier alpha value is -0.620. The summed E-state index contributed by atoms with van der Waals surface area (Å²) in [5.74, 6) is 0.793. The molecule has 88 valence electrons. The molecule has 0 bridgehead atoms. The summed E-state index contributed by atoms with van der Waals surface area (Å²) in [4.78, 5) is 2.15. The Morgan fingerprint density at radius 2 is 2.07 bits per heavy atom. The first kappa shape index (κ1) is 12.4. The lowest BCUT2D eigenvalue weighted by molar-refractivity contribution is 0.293. The van der Waals surface area contributed by atoms with E-state index in [1.807, 2.05) is 0 Å². The van der Waals surface area contributed by atoms with Crippen LogP contribution in [0, 0.1) is 5.41 Å². The molecule has 1 fully saturated rings. The highest BCUT2D eigenvalue weighted by Gasteiger charge is 2.18. The first-order chi connectivity index (χ1) is 6.99. The molecule has 0 unspecified atom stereocenters. The normalized spacial score (nSPS) is 22.1. The van der Waals surface area contributed by atoms with Crippen LogP contribution in [-0.2, 0) is 9.84 Å². The van der Waals surface area contributed by atoms with Crippen LogP contribution in [0.2, 0.25) is 0 Å². The van der Waals surface area contributed by atoms with Crippen molar-refractivity contribution in [3.05, 3.63) is 0 Å². The van der Waals surface area contributed by atoms with Gasteiger partial charge in [-0.15, -0.1) is 0 Å². The van der Waals surface area contributed by atoms with Gasteiger partial charge < -0.3 is 10.6 Å². The van der Waals surface area contributed by atoms with E-state index in [0.717, 1.165) is 25.9 Å². The van der Waals surface area contributed by atoms with Crippen molar-refractivity contribution in [2.75, 3.05) is 31.1 Å². The van der Waals surface area contributed by atoms with Gasteiger partial charge in [-0.3, -0.25) is 5.41 Å². The predicted octanol–water partition coefficient (Wildman–Crippen LogP) is -0.177. The van der Waals surface area contributed by atoms with Crippen LogP contribution in [-0.4, -0.2) is 50.3 Å². The van der Waals surface area contributed by atoms with Crippen LogP contribution >= 0.6 is 0 Å². The molecular formula is C9H19N3O2S. The van der Waals surface area contributed by atoms with E-state index in [2.05, 4.69) is 4.90 Å². The van der Waals surface area contributed by atoms with Crippen LogP contribution in [0.1, 0.15) is 19.3 Å². The summed E-state index contributed by atoms with van der Waals surface area (Å²) < 4.78 is 22.6. The summed E-state index contributed by atoms with van der Waals surface area (Å²) in [5, 5.41) is 7.08. The minimum Gasteiger partial charge on any atom is -0.388 e. The average Bonchev–Trinajstić information content (AvgIpc) is 2.27. The van der Waals surface area contributed by atoms with Crippen LogP contribution in [0.4, 0.5) is 0 Å². The van der Waals surface area contributed by atoms with E-state index in [4.69, 9.17) is 11.1 Å². The van der Waals surface area contributed by atoms with Crippen LogP contribution in [0.3, 0.4) is 0 Å². The molecule has 6 heteroatoms. The van der Waals surface area contributed by atoms with E-state index in [1.165, 1.54) is 0 Å². The largest absolute Gasteiger partial charge is 0.388 e. The van der Waals surface area contributed by atoms with Crippen molar-refractivity contribution in [2.45, 2.75) is 19.3 Å². The first-order valence-electron chi connectivity index (χ1n) is 5.25. The lowest BCUT2D eigenvalue weighted by Gasteiger charge is -2.18. The van der Waals surface area contributed by atoms with Crippen LogP contribution in [0.5, 0.6) is 0 Å². The summed E-state index contributed by atoms with van der Waals surface area (Å²) in [6.07, 6.45) is 2.17. The molecule has 1 rings (SSSR count). The average molecular weight is 233 g/mol. The third-order valence-corrected chi connectivity index (χ3v) is 4.28. The van der Waals surface area contributed by atoms with Crippen LogP contribution in [0.15, 0.2) is 0 Å². The second kappa shape index (κ2) is 5.46. The Balaban J connectivity index is 2.29. The number of nitrogens with one attached hydrogen (secondary N) is 1. The summed E-state index contributed by atoms with van der Waals surface area (Å²) >= 11 is 0. The molecule has 0 atom stereocenters. The zero-order chi connectivity index (χ0) is 11.3. The summed E-state index contributed by atoms with van der Waals surface area (Å²) in [5.41, 5.74) is 5.25. The maximum Gasteiger partial charge on any atom is 0.151 e. The van der Waals surface area contributed by atoms with E-state index in [9.17, 15) is 8.42 Å². The second-order valence-corrected chi connectivity index (χ2v) is 6.28. The highest BCUT2D eigenvalue weighted by molar-refractivity contribution is 7.91. The van der Waals surface area contributed by atoms with Crippen molar-refractivity contribution in [1.29, 1.82) is 5.41 Å². The highest BCUT2D eigenvalue weighted by atomic mass is 32.2. The van der Waals surface area contributed by atoms with E-state index < -0.39 is 9.84 Å². The molecule has 1 heterocycles. The molecular weight excluding hydrogens is 214 g/mol. The van der Waals surface area contributed by atoms with E-state index in [1.54, 1.807) is 0 Å². The standard InChI is InChI=1S/C9H19N3O2S/c10-9(11)3-1-4-12-5-2-7-15(13,14)8-6-12/h1-8H2,(H3,10,11). The molecule has 1 aliphatic heterocycles. The Labute approximate surface area is 91.1 Å². The topological polar surface area (TPSA) is 87.2 Å². The van der Waals surface area contributed by atoms with Crippen molar-refractivity contribution >= 4 is 15.7 Å². The van der Waals surface area contributed by atoms with Crippen molar-refractivity contribution in [1.82, 2.24) is 4.90 Å². The molecule has 0 amide bonds. The zero-order valence-corrected chi connectivity index (χ0v) is 9.72. The Morgan fingerprint density at radius 1 is 1.33 bits per heavy atom. The number of hydrogen-bond acceptors (Lipinski definition) is 4. The first-order valence-corrected chi connectivity index (χ1v) is 7.07. The number of sulfone groups is 1. The van der Waals surface area contributed by atoms with Crippen molar-refractivity contribution < 1.29 is 8.42 Å². The lowest BCUT2D eigenvalue weighted by atomic mass is 10.2. The van der Waals surface area contributed by atoms with Crippen molar-refractivity contribution in [3.8, 4) is 0 Å². The quantitative estimate of drug-likeness (QED) is 0.521. The fraction of sp³-hybridized carbons (Fsp3) is 0.889. The minimum atomic E-state index is -2.80. The van der Waals surface area contributed by atoms with Crippen LogP contribution in [0.25, 0.3) is 0 Å². The molecule has 15 heavy (non-hydrogen) atoms. The highest BCUT2D eigenvalue weighted by Crippen LogP contribution is 2.06.